The van der Waals surface area contributed by atoms with E-state index in [1.807, 2.05) is 24.3 Å². The van der Waals surface area contributed by atoms with Crippen molar-refractivity contribution < 1.29 is 4.52 Å². The number of nitrogen functional groups attached to an aromatic ring is 1. The number of benzene rings is 1. The Balaban J connectivity index is 2.07. The lowest BCUT2D eigenvalue weighted by Gasteiger charge is -2.32. The first-order valence-corrected chi connectivity index (χ1v) is 7.49. The van der Waals surface area contributed by atoms with E-state index in [0.29, 0.717) is 10.9 Å². The first kappa shape index (κ1) is 13.5. The number of rotatable bonds is 2. The predicted molar refractivity (Wildman–Crippen MR) is 81.8 cm³/mol. The number of nitrogens with two attached hydrogens (primary N) is 1. The molecular weight excluding hydrogens is 272 g/mol. The van der Waals surface area contributed by atoms with Gasteiger partial charge in [-0.1, -0.05) is 55.1 Å². The zero-order valence-corrected chi connectivity index (χ0v) is 12.4. The average molecular weight is 291 g/mol. The Bertz CT molecular complexity index is 597. The molecule has 1 aromatic heterocycles. The van der Waals surface area contributed by atoms with Crippen LogP contribution in [0, 0.1) is 0 Å². The van der Waals surface area contributed by atoms with Crippen LogP contribution < -0.4 is 5.73 Å². The van der Waals surface area contributed by atoms with Gasteiger partial charge in [0.15, 0.2) is 0 Å². The molecule has 1 aromatic carbocycles. The Morgan fingerprint density at radius 3 is 2.45 bits per heavy atom. The van der Waals surface area contributed by atoms with Crippen LogP contribution in [0.5, 0.6) is 0 Å². The molecule has 0 atom stereocenters. The molecule has 0 spiro atoms. The van der Waals surface area contributed by atoms with Gasteiger partial charge < -0.3 is 10.3 Å². The second-order valence-corrected chi connectivity index (χ2v) is 6.34. The summed E-state index contributed by atoms with van der Waals surface area (Å²) in [6, 6.07) is 7.69. The highest BCUT2D eigenvalue weighted by atomic mass is 35.5. The zero-order chi connectivity index (χ0) is 14.2. The van der Waals surface area contributed by atoms with E-state index in [2.05, 4.69) is 12.1 Å². The van der Waals surface area contributed by atoms with Gasteiger partial charge in [-0.3, -0.25) is 0 Å². The fourth-order valence-corrected chi connectivity index (χ4v) is 3.31. The Kier molecular flexibility index (Phi) is 3.47. The second kappa shape index (κ2) is 5.13. The van der Waals surface area contributed by atoms with Crippen LogP contribution in [0.1, 0.15) is 44.7 Å². The van der Waals surface area contributed by atoms with Crippen molar-refractivity contribution >= 4 is 17.5 Å². The average Bonchev–Trinajstić information content (AvgIpc) is 2.83. The highest BCUT2D eigenvalue weighted by molar-refractivity contribution is 6.30. The lowest BCUT2D eigenvalue weighted by atomic mass is 9.72. The molecule has 2 aromatic rings. The van der Waals surface area contributed by atoms with Crippen LogP contribution in [-0.4, -0.2) is 5.16 Å². The molecule has 0 aliphatic heterocycles. The van der Waals surface area contributed by atoms with Gasteiger partial charge in [0.2, 0.25) is 5.88 Å². The van der Waals surface area contributed by atoms with E-state index < -0.39 is 0 Å². The molecule has 4 heteroatoms. The van der Waals surface area contributed by atoms with Gasteiger partial charge in [-0.25, -0.2) is 0 Å². The van der Waals surface area contributed by atoms with Gasteiger partial charge in [-0.2, -0.15) is 0 Å². The molecule has 2 N–H and O–H groups in total. The number of nitrogens with zero attached hydrogens (tertiary/aromatic N) is 1. The summed E-state index contributed by atoms with van der Waals surface area (Å²) in [5.41, 5.74) is 9.04. The van der Waals surface area contributed by atoms with Crippen LogP contribution in [0.3, 0.4) is 0 Å². The van der Waals surface area contributed by atoms with E-state index in [1.54, 1.807) is 0 Å². The summed E-state index contributed by atoms with van der Waals surface area (Å²) < 4.78 is 5.29. The fraction of sp³-hybridized carbons (Fsp3) is 0.438. The van der Waals surface area contributed by atoms with E-state index in [4.69, 9.17) is 21.9 Å². The van der Waals surface area contributed by atoms with E-state index in [9.17, 15) is 0 Å². The van der Waals surface area contributed by atoms with Gasteiger partial charge >= 0.3 is 0 Å². The van der Waals surface area contributed by atoms with Crippen molar-refractivity contribution in [3.63, 3.8) is 0 Å². The van der Waals surface area contributed by atoms with Crippen molar-refractivity contribution in [1.82, 2.24) is 5.16 Å². The normalized spacial score (nSPS) is 18.1. The van der Waals surface area contributed by atoms with Crippen LogP contribution in [0.4, 0.5) is 5.88 Å². The topological polar surface area (TPSA) is 52.0 Å². The standard InChI is InChI=1S/C16H19ClN2O/c1-16(9-3-2-4-10-16)14-13(15(18)20-19-14)11-5-7-12(17)8-6-11/h5-8H,2-4,9-10,18H2,1H3. The SMILES string of the molecule is CC1(c2noc(N)c2-c2ccc(Cl)cc2)CCCCC1. The maximum absolute atomic E-state index is 6.01. The van der Waals surface area contributed by atoms with E-state index in [1.165, 1.54) is 19.3 Å². The first-order chi connectivity index (χ1) is 9.60. The lowest BCUT2D eigenvalue weighted by Crippen LogP contribution is -2.26. The van der Waals surface area contributed by atoms with Crippen LogP contribution in [0.2, 0.25) is 5.02 Å². The van der Waals surface area contributed by atoms with Crippen molar-refractivity contribution in [2.24, 2.45) is 0 Å². The molecule has 1 fully saturated rings. The molecule has 1 saturated carbocycles. The minimum absolute atomic E-state index is 0.0638. The number of aromatic nitrogens is 1. The molecule has 0 amide bonds. The highest BCUT2D eigenvalue weighted by Gasteiger charge is 2.35. The van der Waals surface area contributed by atoms with Crippen molar-refractivity contribution in [3.8, 4) is 11.1 Å². The second-order valence-electron chi connectivity index (χ2n) is 5.90. The summed E-state index contributed by atoms with van der Waals surface area (Å²) in [6.45, 7) is 2.27. The molecule has 106 valence electrons. The van der Waals surface area contributed by atoms with E-state index in [-0.39, 0.29) is 5.41 Å². The third kappa shape index (κ3) is 2.31. The quantitative estimate of drug-likeness (QED) is 0.864. The Labute approximate surface area is 124 Å². The molecule has 3 rings (SSSR count). The minimum Gasteiger partial charge on any atom is -0.367 e. The molecule has 1 aliphatic carbocycles. The third-order valence-corrected chi connectivity index (χ3v) is 4.63. The van der Waals surface area contributed by atoms with Gasteiger partial charge in [0.05, 0.1) is 11.3 Å². The smallest absolute Gasteiger partial charge is 0.230 e. The zero-order valence-electron chi connectivity index (χ0n) is 11.7. The summed E-state index contributed by atoms with van der Waals surface area (Å²) in [4.78, 5) is 0. The van der Waals surface area contributed by atoms with Gasteiger partial charge in [0, 0.05) is 10.4 Å². The molecule has 0 saturated heterocycles. The fourth-order valence-electron chi connectivity index (χ4n) is 3.18. The van der Waals surface area contributed by atoms with Crippen molar-refractivity contribution in [2.45, 2.75) is 44.4 Å². The maximum Gasteiger partial charge on any atom is 0.230 e. The van der Waals surface area contributed by atoms with Crippen LogP contribution >= 0.6 is 11.6 Å². The van der Waals surface area contributed by atoms with Crippen LogP contribution in [-0.2, 0) is 5.41 Å². The number of anilines is 1. The van der Waals surface area contributed by atoms with Crippen LogP contribution in [0.15, 0.2) is 28.8 Å². The molecule has 0 unspecified atom stereocenters. The summed E-state index contributed by atoms with van der Waals surface area (Å²) in [6.07, 6.45) is 6.06. The molecular formula is C16H19ClN2O. The van der Waals surface area contributed by atoms with Gasteiger partial charge in [0.1, 0.15) is 0 Å². The highest BCUT2D eigenvalue weighted by Crippen LogP contribution is 2.44. The molecule has 0 bridgehead atoms. The van der Waals surface area contributed by atoms with Crippen LogP contribution in [0.25, 0.3) is 11.1 Å². The largest absolute Gasteiger partial charge is 0.367 e. The van der Waals surface area contributed by atoms with Crippen molar-refractivity contribution in [2.75, 3.05) is 5.73 Å². The minimum atomic E-state index is 0.0638. The summed E-state index contributed by atoms with van der Waals surface area (Å²) in [7, 11) is 0. The monoisotopic (exact) mass is 290 g/mol. The third-order valence-electron chi connectivity index (χ3n) is 4.38. The predicted octanol–water partition coefficient (Wildman–Crippen LogP) is 4.80. The lowest BCUT2D eigenvalue weighted by molar-refractivity contribution is 0.295. The molecule has 3 nitrogen and oxygen atoms in total. The van der Waals surface area contributed by atoms with E-state index in [0.717, 1.165) is 29.7 Å². The Morgan fingerprint density at radius 1 is 1.15 bits per heavy atom. The first-order valence-electron chi connectivity index (χ1n) is 7.12. The van der Waals surface area contributed by atoms with Gasteiger partial charge in [-0.05, 0) is 30.5 Å². The summed E-state index contributed by atoms with van der Waals surface area (Å²) in [5, 5.41) is 4.99. The van der Waals surface area contributed by atoms with Gasteiger partial charge in [-0.15, -0.1) is 0 Å². The number of hydrogen-bond acceptors (Lipinski definition) is 3. The number of hydrogen-bond donors (Lipinski definition) is 1. The summed E-state index contributed by atoms with van der Waals surface area (Å²) in [5.74, 6) is 0.397. The van der Waals surface area contributed by atoms with Gasteiger partial charge in [0.25, 0.3) is 0 Å². The number of halogens is 1. The maximum atomic E-state index is 6.01. The van der Waals surface area contributed by atoms with Crippen molar-refractivity contribution in [3.05, 3.63) is 35.0 Å². The Morgan fingerprint density at radius 2 is 1.80 bits per heavy atom. The summed E-state index contributed by atoms with van der Waals surface area (Å²) >= 11 is 5.96. The molecule has 1 aliphatic rings. The molecule has 20 heavy (non-hydrogen) atoms. The van der Waals surface area contributed by atoms with E-state index >= 15 is 0 Å². The Hall–Kier alpha value is -1.48. The molecule has 0 radical (unpaired) electrons. The molecule has 1 heterocycles. The van der Waals surface area contributed by atoms with Crippen molar-refractivity contribution in [1.29, 1.82) is 0 Å².